The predicted molar refractivity (Wildman–Crippen MR) is 133 cm³/mol. The second-order valence-corrected chi connectivity index (χ2v) is 8.40. The van der Waals surface area contributed by atoms with Crippen molar-refractivity contribution in [2.75, 3.05) is 51.0 Å². The number of hydrogen-bond donors (Lipinski definition) is 1. The Labute approximate surface area is 209 Å². The third-order valence-electron chi connectivity index (χ3n) is 5.93. The number of anilines is 1. The molecule has 3 amide bonds. The van der Waals surface area contributed by atoms with Gasteiger partial charge in [0.15, 0.2) is 18.1 Å². The molecular weight excluding hydrogens is 464 g/mol. The number of benzene rings is 2. The van der Waals surface area contributed by atoms with Crippen molar-refractivity contribution in [3.63, 3.8) is 0 Å². The van der Waals surface area contributed by atoms with Crippen molar-refractivity contribution >= 4 is 29.6 Å². The molecule has 1 N–H and O–H groups in total. The molecule has 2 heterocycles. The maximum atomic E-state index is 12.6. The van der Waals surface area contributed by atoms with Gasteiger partial charge in [-0.15, -0.1) is 0 Å². The summed E-state index contributed by atoms with van der Waals surface area (Å²) in [5, 5.41) is 4.05. The quantitative estimate of drug-likeness (QED) is 0.421. The van der Waals surface area contributed by atoms with Gasteiger partial charge in [-0.3, -0.25) is 14.4 Å². The van der Waals surface area contributed by atoms with E-state index in [1.165, 1.54) is 6.21 Å². The Morgan fingerprint density at radius 2 is 1.89 bits per heavy atom. The summed E-state index contributed by atoms with van der Waals surface area (Å²) in [5.74, 6) is -0.0643. The topological polar surface area (TPSA) is 110 Å². The van der Waals surface area contributed by atoms with E-state index in [1.807, 2.05) is 37.3 Å². The molecule has 0 saturated carbocycles. The average Bonchev–Trinajstić information content (AvgIpc) is 3.31. The molecule has 0 radical (unpaired) electrons. The molecule has 1 atom stereocenters. The highest BCUT2D eigenvalue weighted by molar-refractivity contribution is 6.00. The summed E-state index contributed by atoms with van der Waals surface area (Å²) in [6, 6.07) is 14.5. The Kier molecular flexibility index (Phi) is 8.51. The number of carbonyl (C=O) groups excluding carboxylic acids is 3. The Hall–Kier alpha value is -3.92. The average molecular weight is 495 g/mol. The van der Waals surface area contributed by atoms with Crippen LogP contribution in [0, 0.1) is 5.92 Å². The van der Waals surface area contributed by atoms with E-state index in [-0.39, 0.29) is 30.7 Å². The molecule has 0 aromatic heterocycles. The highest BCUT2D eigenvalue weighted by Gasteiger charge is 2.35. The SMILES string of the molecule is CCOc1cc(/C=N\NC(=O)[C@@H]2CC(=O)N(c3ccccc3)C2)ccc1OCC(=O)N1CCOCC1. The van der Waals surface area contributed by atoms with Gasteiger partial charge in [0.25, 0.3) is 5.91 Å². The van der Waals surface area contributed by atoms with Gasteiger partial charge in [0.2, 0.25) is 11.8 Å². The summed E-state index contributed by atoms with van der Waals surface area (Å²) < 4.78 is 16.7. The van der Waals surface area contributed by atoms with Gasteiger partial charge in [-0.2, -0.15) is 5.10 Å². The third kappa shape index (κ3) is 6.39. The lowest BCUT2D eigenvalue weighted by molar-refractivity contribution is -0.137. The number of ether oxygens (including phenoxy) is 3. The van der Waals surface area contributed by atoms with Gasteiger partial charge < -0.3 is 24.0 Å². The minimum Gasteiger partial charge on any atom is -0.490 e. The summed E-state index contributed by atoms with van der Waals surface area (Å²) in [6.07, 6.45) is 1.63. The molecule has 0 spiro atoms. The third-order valence-corrected chi connectivity index (χ3v) is 5.93. The maximum absolute atomic E-state index is 12.6. The van der Waals surface area contributed by atoms with Crippen molar-refractivity contribution in [1.29, 1.82) is 0 Å². The zero-order chi connectivity index (χ0) is 25.3. The molecule has 190 valence electrons. The summed E-state index contributed by atoms with van der Waals surface area (Å²) in [4.78, 5) is 40.6. The molecule has 0 aliphatic carbocycles. The van der Waals surface area contributed by atoms with Crippen LogP contribution in [0.25, 0.3) is 0 Å². The molecule has 2 aromatic carbocycles. The lowest BCUT2D eigenvalue weighted by atomic mass is 10.1. The van der Waals surface area contributed by atoms with Crippen LogP contribution in [-0.4, -0.2) is 74.9 Å². The van der Waals surface area contributed by atoms with Crippen LogP contribution >= 0.6 is 0 Å². The highest BCUT2D eigenvalue weighted by Crippen LogP contribution is 2.28. The van der Waals surface area contributed by atoms with Gasteiger partial charge in [-0.05, 0) is 42.8 Å². The second kappa shape index (κ2) is 12.2. The van der Waals surface area contributed by atoms with Crippen LogP contribution < -0.4 is 19.8 Å². The lowest BCUT2D eigenvalue weighted by Gasteiger charge is -2.26. The van der Waals surface area contributed by atoms with Crippen molar-refractivity contribution in [2.45, 2.75) is 13.3 Å². The minimum atomic E-state index is -0.478. The highest BCUT2D eigenvalue weighted by atomic mass is 16.5. The van der Waals surface area contributed by atoms with E-state index in [4.69, 9.17) is 14.2 Å². The maximum Gasteiger partial charge on any atom is 0.260 e. The van der Waals surface area contributed by atoms with Crippen LogP contribution in [0.15, 0.2) is 53.6 Å². The van der Waals surface area contributed by atoms with E-state index >= 15 is 0 Å². The number of amides is 3. The molecule has 10 nitrogen and oxygen atoms in total. The molecule has 0 unspecified atom stereocenters. The fourth-order valence-corrected chi connectivity index (χ4v) is 4.04. The number of carbonyl (C=O) groups is 3. The van der Waals surface area contributed by atoms with Crippen molar-refractivity contribution < 1.29 is 28.6 Å². The van der Waals surface area contributed by atoms with Crippen LogP contribution in [0.1, 0.15) is 18.9 Å². The van der Waals surface area contributed by atoms with E-state index in [2.05, 4.69) is 10.5 Å². The molecule has 2 aliphatic rings. The summed E-state index contributed by atoms with van der Waals surface area (Å²) >= 11 is 0. The monoisotopic (exact) mass is 494 g/mol. The molecule has 4 rings (SSSR count). The van der Waals surface area contributed by atoms with E-state index in [9.17, 15) is 14.4 Å². The number of nitrogens with one attached hydrogen (secondary N) is 1. The molecule has 10 heteroatoms. The summed E-state index contributed by atoms with van der Waals surface area (Å²) in [7, 11) is 0. The van der Waals surface area contributed by atoms with E-state index in [0.717, 1.165) is 5.69 Å². The lowest BCUT2D eigenvalue weighted by Crippen LogP contribution is -2.43. The normalized spacial score (nSPS) is 17.9. The standard InChI is InChI=1S/C26H30N4O6/c1-2-35-23-14-19(8-9-22(23)36-18-25(32)29-10-12-34-13-11-29)16-27-28-26(33)20-15-24(31)30(17-20)21-6-4-3-5-7-21/h3-9,14,16,20H,2,10-13,15,17-18H2,1H3,(H,28,33)/b27-16-/t20-/m1/s1. The molecule has 36 heavy (non-hydrogen) atoms. The van der Waals surface area contributed by atoms with Crippen molar-refractivity contribution in [3.05, 3.63) is 54.1 Å². The summed E-state index contributed by atoms with van der Waals surface area (Å²) in [6.45, 7) is 4.66. The van der Waals surface area contributed by atoms with Gasteiger partial charge in [0.05, 0.1) is 32.0 Å². The predicted octanol–water partition coefficient (Wildman–Crippen LogP) is 1.83. The first kappa shape index (κ1) is 25.2. The van der Waals surface area contributed by atoms with Crippen LogP contribution in [0.2, 0.25) is 0 Å². The van der Waals surface area contributed by atoms with Gasteiger partial charge in [-0.25, -0.2) is 5.43 Å². The number of para-hydroxylation sites is 1. The van der Waals surface area contributed by atoms with Crippen LogP contribution in [0.5, 0.6) is 11.5 Å². The number of hydrogen-bond acceptors (Lipinski definition) is 7. The minimum absolute atomic E-state index is 0.0885. The van der Waals surface area contributed by atoms with E-state index < -0.39 is 5.92 Å². The largest absolute Gasteiger partial charge is 0.490 e. The van der Waals surface area contributed by atoms with Crippen LogP contribution in [0.3, 0.4) is 0 Å². The van der Waals surface area contributed by atoms with Crippen LogP contribution in [-0.2, 0) is 19.1 Å². The Bertz CT molecular complexity index is 1100. The first-order chi connectivity index (χ1) is 17.5. The fraction of sp³-hybridized carbons (Fsp3) is 0.385. The molecule has 0 bridgehead atoms. The first-order valence-corrected chi connectivity index (χ1v) is 12.0. The van der Waals surface area contributed by atoms with Crippen molar-refractivity contribution in [2.24, 2.45) is 11.0 Å². The van der Waals surface area contributed by atoms with Crippen molar-refractivity contribution in [3.8, 4) is 11.5 Å². The molecular formula is C26H30N4O6. The van der Waals surface area contributed by atoms with Gasteiger partial charge in [0.1, 0.15) is 0 Å². The Balaban J connectivity index is 1.32. The van der Waals surface area contributed by atoms with Gasteiger partial charge in [-0.1, -0.05) is 18.2 Å². The zero-order valence-corrected chi connectivity index (χ0v) is 20.2. The summed E-state index contributed by atoms with van der Waals surface area (Å²) in [5.41, 5.74) is 3.98. The van der Waals surface area contributed by atoms with Gasteiger partial charge >= 0.3 is 0 Å². The van der Waals surface area contributed by atoms with Gasteiger partial charge in [0, 0.05) is 31.7 Å². The number of nitrogens with zero attached hydrogens (tertiary/aromatic N) is 3. The smallest absolute Gasteiger partial charge is 0.260 e. The van der Waals surface area contributed by atoms with E-state index in [1.54, 1.807) is 28.0 Å². The Morgan fingerprint density at radius 3 is 2.64 bits per heavy atom. The van der Waals surface area contributed by atoms with E-state index in [0.29, 0.717) is 56.5 Å². The van der Waals surface area contributed by atoms with Crippen molar-refractivity contribution in [1.82, 2.24) is 10.3 Å². The second-order valence-electron chi connectivity index (χ2n) is 8.40. The molecule has 2 fully saturated rings. The number of hydrazone groups is 1. The molecule has 2 aliphatic heterocycles. The number of morpholine rings is 1. The molecule has 2 aromatic rings. The Morgan fingerprint density at radius 1 is 1.11 bits per heavy atom. The number of rotatable bonds is 9. The fourth-order valence-electron chi connectivity index (χ4n) is 4.04. The first-order valence-electron chi connectivity index (χ1n) is 12.0. The zero-order valence-electron chi connectivity index (χ0n) is 20.2. The van der Waals surface area contributed by atoms with Crippen LogP contribution in [0.4, 0.5) is 5.69 Å². The molecule has 2 saturated heterocycles.